The maximum Gasteiger partial charge on any atom is 0.335 e. The third-order valence-corrected chi connectivity index (χ3v) is 16.4. The van der Waals surface area contributed by atoms with Crippen molar-refractivity contribution in [1.29, 1.82) is 0 Å². The van der Waals surface area contributed by atoms with Crippen LogP contribution < -0.4 is 0 Å². The van der Waals surface area contributed by atoms with Crippen molar-refractivity contribution in [2.24, 2.45) is 0 Å². The van der Waals surface area contributed by atoms with E-state index >= 15 is 0 Å². The van der Waals surface area contributed by atoms with Crippen molar-refractivity contribution in [3.8, 4) is 0 Å². The standard InChI is InChI=1S/C25H52O9Si2/c1-23(2,3)35(10,11)33-18(16-30-17-29-15-14-28-9)19(34-36(12,13)24(4,5)6)20-21(22(26)27)32-25(7,8)31-20/h18-21H,14-17H2,1-13H3,(H,26,27)/t18-,19+,20-,21-/m0/s1. The summed E-state index contributed by atoms with van der Waals surface area (Å²) in [7, 11) is -3.10. The van der Waals surface area contributed by atoms with Gasteiger partial charge in [0.25, 0.3) is 0 Å². The zero-order chi connectivity index (χ0) is 28.2. The summed E-state index contributed by atoms with van der Waals surface area (Å²) in [4.78, 5) is 12.3. The molecule has 1 fully saturated rings. The van der Waals surface area contributed by atoms with E-state index in [0.717, 1.165) is 0 Å². The molecule has 0 bridgehead atoms. The lowest BCUT2D eigenvalue weighted by atomic mass is 10.0. The second-order valence-corrected chi connectivity index (χ2v) is 22.5. The van der Waals surface area contributed by atoms with Crippen molar-refractivity contribution in [2.45, 2.75) is 122 Å². The Labute approximate surface area is 220 Å². The summed E-state index contributed by atoms with van der Waals surface area (Å²) in [5.74, 6) is -2.17. The fourth-order valence-corrected chi connectivity index (χ4v) is 5.90. The molecule has 11 heteroatoms. The molecule has 36 heavy (non-hydrogen) atoms. The number of methoxy groups -OCH3 is 1. The van der Waals surface area contributed by atoms with Crippen LogP contribution in [0.15, 0.2) is 0 Å². The highest BCUT2D eigenvalue weighted by molar-refractivity contribution is 6.74. The van der Waals surface area contributed by atoms with Gasteiger partial charge in [-0.3, -0.25) is 0 Å². The fraction of sp³-hybridized carbons (Fsp3) is 0.960. The van der Waals surface area contributed by atoms with Gasteiger partial charge in [-0.15, -0.1) is 0 Å². The largest absolute Gasteiger partial charge is 0.479 e. The van der Waals surface area contributed by atoms with Crippen molar-refractivity contribution in [3.63, 3.8) is 0 Å². The zero-order valence-corrected chi connectivity index (χ0v) is 26.9. The lowest BCUT2D eigenvalue weighted by Gasteiger charge is -2.46. The van der Waals surface area contributed by atoms with Gasteiger partial charge in [0.15, 0.2) is 28.5 Å². The second-order valence-electron chi connectivity index (χ2n) is 13.0. The SMILES string of the molecule is COCCOCOC[C@H](O[Si](C)(C)C(C)(C)C)[C@@H](O[Si](C)(C)C(C)(C)C)[C@@H]1OC(C)(C)O[C@@H]1C(=O)O. The first-order valence-electron chi connectivity index (χ1n) is 12.7. The molecule has 214 valence electrons. The molecule has 1 heterocycles. The number of hydrogen-bond acceptors (Lipinski definition) is 8. The third kappa shape index (κ3) is 9.42. The first kappa shape index (κ1) is 33.7. The van der Waals surface area contributed by atoms with Gasteiger partial charge in [0.1, 0.15) is 19.0 Å². The van der Waals surface area contributed by atoms with E-state index in [1.807, 2.05) is 0 Å². The predicted molar refractivity (Wildman–Crippen MR) is 144 cm³/mol. The summed E-state index contributed by atoms with van der Waals surface area (Å²) < 4.78 is 42.2. The molecular weight excluding hydrogens is 500 g/mol. The van der Waals surface area contributed by atoms with E-state index in [1.165, 1.54) is 0 Å². The predicted octanol–water partition coefficient (Wildman–Crippen LogP) is 5.01. The van der Waals surface area contributed by atoms with Crippen LogP contribution in [0.5, 0.6) is 0 Å². The van der Waals surface area contributed by atoms with Crippen molar-refractivity contribution < 1.29 is 42.4 Å². The van der Waals surface area contributed by atoms with Gasteiger partial charge < -0.3 is 37.6 Å². The summed E-state index contributed by atoms with van der Waals surface area (Å²) in [6.45, 7) is 26.0. The van der Waals surface area contributed by atoms with Gasteiger partial charge in [-0.25, -0.2) is 4.79 Å². The van der Waals surface area contributed by atoms with E-state index in [2.05, 4.69) is 67.7 Å². The maximum atomic E-state index is 12.3. The van der Waals surface area contributed by atoms with Gasteiger partial charge in [-0.1, -0.05) is 41.5 Å². The molecule has 0 saturated carbocycles. The average molecular weight is 553 g/mol. The molecule has 0 spiro atoms. The van der Waals surface area contributed by atoms with Crippen LogP contribution in [-0.4, -0.2) is 91.6 Å². The van der Waals surface area contributed by atoms with Gasteiger partial charge in [-0.2, -0.15) is 0 Å². The molecule has 4 atom stereocenters. The Morgan fingerprint density at radius 1 is 0.917 bits per heavy atom. The Hall–Kier alpha value is -0.376. The Bertz CT molecular complexity index is 699. The van der Waals surface area contributed by atoms with Crippen molar-refractivity contribution in [3.05, 3.63) is 0 Å². The van der Waals surface area contributed by atoms with Crippen LogP contribution in [0.1, 0.15) is 55.4 Å². The van der Waals surface area contributed by atoms with E-state index in [0.29, 0.717) is 13.2 Å². The minimum absolute atomic E-state index is 0.0589. The van der Waals surface area contributed by atoms with Gasteiger partial charge >= 0.3 is 5.97 Å². The monoisotopic (exact) mass is 552 g/mol. The molecule has 0 aromatic carbocycles. The molecule has 0 amide bonds. The zero-order valence-electron chi connectivity index (χ0n) is 24.9. The van der Waals surface area contributed by atoms with Crippen LogP contribution in [0, 0.1) is 0 Å². The molecule has 1 N–H and O–H groups in total. The Balaban J connectivity index is 3.44. The topological polar surface area (TPSA) is 102 Å². The highest BCUT2D eigenvalue weighted by atomic mass is 28.4. The second kappa shape index (κ2) is 12.7. The Kier molecular flexibility index (Phi) is 11.8. The van der Waals surface area contributed by atoms with E-state index < -0.39 is 52.8 Å². The van der Waals surface area contributed by atoms with Crippen LogP contribution in [0.4, 0.5) is 0 Å². The van der Waals surface area contributed by atoms with E-state index in [1.54, 1.807) is 21.0 Å². The van der Waals surface area contributed by atoms with Crippen LogP contribution >= 0.6 is 0 Å². The van der Waals surface area contributed by atoms with Gasteiger partial charge in [0.2, 0.25) is 0 Å². The van der Waals surface area contributed by atoms with Crippen LogP contribution in [0.25, 0.3) is 0 Å². The number of carboxylic acids is 1. The Morgan fingerprint density at radius 3 is 1.92 bits per heavy atom. The summed E-state index contributed by atoms with van der Waals surface area (Å²) in [5.41, 5.74) is 0. The molecule has 0 aliphatic carbocycles. The highest BCUT2D eigenvalue weighted by Crippen LogP contribution is 2.43. The van der Waals surface area contributed by atoms with Crippen LogP contribution in [-0.2, 0) is 37.3 Å². The molecule has 0 aromatic heterocycles. The number of carbonyl (C=O) groups is 1. The average Bonchev–Trinajstić information content (AvgIpc) is 3.01. The van der Waals surface area contributed by atoms with Gasteiger partial charge in [-0.05, 0) is 50.1 Å². The van der Waals surface area contributed by atoms with Gasteiger partial charge in [0, 0.05) is 7.11 Å². The fourth-order valence-electron chi connectivity index (χ4n) is 3.27. The van der Waals surface area contributed by atoms with Crippen molar-refractivity contribution in [2.75, 3.05) is 33.7 Å². The number of carboxylic acid groups (broad SMARTS) is 1. The van der Waals surface area contributed by atoms with E-state index in [4.69, 9.17) is 32.5 Å². The highest BCUT2D eigenvalue weighted by Gasteiger charge is 2.55. The van der Waals surface area contributed by atoms with Crippen LogP contribution in [0.3, 0.4) is 0 Å². The lowest BCUT2D eigenvalue weighted by Crippen LogP contribution is -2.59. The molecule has 9 nitrogen and oxygen atoms in total. The van der Waals surface area contributed by atoms with Crippen molar-refractivity contribution in [1.82, 2.24) is 0 Å². The summed E-state index contributed by atoms with van der Waals surface area (Å²) >= 11 is 0. The number of ether oxygens (including phenoxy) is 5. The summed E-state index contributed by atoms with van der Waals surface area (Å²) in [5, 5.41) is 9.82. The molecule has 0 aromatic rings. The Morgan fingerprint density at radius 2 is 1.44 bits per heavy atom. The molecular formula is C25H52O9Si2. The minimum Gasteiger partial charge on any atom is -0.479 e. The van der Waals surface area contributed by atoms with Gasteiger partial charge in [0.05, 0.1) is 25.9 Å². The number of aliphatic carboxylic acids is 1. The number of hydrogen-bond donors (Lipinski definition) is 1. The van der Waals surface area contributed by atoms with Crippen molar-refractivity contribution >= 4 is 22.6 Å². The molecule has 1 aliphatic rings. The van der Waals surface area contributed by atoms with Crippen LogP contribution in [0.2, 0.25) is 36.3 Å². The van der Waals surface area contributed by atoms with E-state index in [9.17, 15) is 9.90 Å². The molecule has 0 unspecified atom stereocenters. The normalized spacial score (nSPS) is 23.0. The molecule has 1 rings (SSSR count). The molecule has 1 aliphatic heterocycles. The molecule has 1 saturated heterocycles. The summed E-state index contributed by atoms with van der Waals surface area (Å²) in [6.07, 6.45) is -3.38. The molecule has 0 radical (unpaired) electrons. The third-order valence-electron chi connectivity index (χ3n) is 7.43. The summed E-state index contributed by atoms with van der Waals surface area (Å²) in [6, 6.07) is 0. The maximum absolute atomic E-state index is 12.3. The lowest BCUT2D eigenvalue weighted by molar-refractivity contribution is -0.170. The quantitative estimate of drug-likeness (QED) is 0.181. The first-order chi connectivity index (χ1) is 16.2. The number of rotatable bonds is 14. The van der Waals surface area contributed by atoms with E-state index in [-0.39, 0.29) is 23.5 Å². The minimum atomic E-state index is -2.39. The smallest absolute Gasteiger partial charge is 0.335 e. The first-order valence-corrected chi connectivity index (χ1v) is 18.6.